The highest BCUT2D eigenvalue weighted by Gasteiger charge is 2.15. The van der Waals surface area contributed by atoms with Crippen molar-refractivity contribution in [1.29, 1.82) is 0 Å². The number of aliphatic carboxylic acids is 1. The SMILES string of the molecule is CCC(CNC(=O)NCCc1ccccc1OC)C(=O)O. The van der Waals surface area contributed by atoms with Crippen molar-refractivity contribution < 1.29 is 19.4 Å². The van der Waals surface area contributed by atoms with Crippen molar-refractivity contribution in [3.05, 3.63) is 29.8 Å². The lowest BCUT2D eigenvalue weighted by Crippen LogP contribution is -2.40. The zero-order chi connectivity index (χ0) is 15.7. The first-order valence-corrected chi connectivity index (χ1v) is 6.94. The number of amides is 2. The minimum atomic E-state index is -0.896. The van der Waals surface area contributed by atoms with Crippen LogP contribution in [0.5, 0.6) is 5.75 Å². The van der Waals surface area contributed by atoms with Crippen LogP contribution in [0.4, 0.5) is 4.79 Å². The number of urea groups is 1. The molecule has 1 unspecified atom stereocenters. The predicted molar refractivity (Wildman–Crippen MR) is 79.5 cm³/mol. The summed E-state index contributed by atoms with van der Waals surface area (Å²) in [6, 6.07) is 7.25. The molecular weight excluding hydrogens is 272 g/mol. The number of benzene rings is 1. The van der Waals surface area contributed by atoms with Gasteiger partial charge in [-0.2, -0.15) is 0 Å². The van der Waals surface area contributed by atoms with Gasteiger partial charge in [0.05, 0.1) is 13.0 Å². The molecule has 2 amide bonds. The van der Waals surface area contributed by atoms with Gasteiger partial charge in [0.2, 0.25) is 0 Å². The minimum Gasteiger partial charge on any atom is -0.496 e. The van der Waals surface area contributed by atoms with Crippen molar-refractivity contribution >= 4 is 12.0 Å². The molecule has 1 aromatic rings. The van der Waals surface area contributed by atoms with E-state index in [1.807, 2.05) is 24.3 Å². The molecule has 3 N–H and O–H groups in total. The molecule has 1 atom stereocenters. The van der Waals surface area contributed by atoms with Gasteiger partial charge >= 0.3 is 12.0 Å². The summed E-state index contributed by atoms with van der Waals surface area (Å²) in [5.41, 5.74) is 1.01. The highest BCUT2D eigenvalue weighted by Crippen LogP contribution is 2.17. The van der Waals surface area contributed by atoms with Gasteiger partial charge in [0.15, 0.2) is 0 Å². The van der Waals surface area contributed by atoms with Crippen molar-refractivity contribution in [3.63, 3.8) is 0 Å². The molecule has 0 radical (unpaired) electrons. The Bertz CT molecular complexity index is 476. The van der Waals surface area contributed by atoms with Gasteiger partial charge in [0, 0.05) is 13.1 Å². The largest absolute Gasteiger partial charge is 0.496 e. The van der Waals surface area contributed by atoms with E-state index in [4.69, 9.17) is 9.84 Å². The van der Waals surface area contributed by atoms with Crippen molar-refractivity contribution in [2.45, 2.75) is 19.8 Å². The van der Waals surface area contributed by atoms with E-state index in [1.54, 1.807) is 14.0 Å². The van der Waals surface area contributed by atoms with E-state index in [2.05, 4.69) is 10.6 Å². The lowest BCUT2D eigenvalue weighted by atomic mass is 10.1. The van der Waals surface area contributed by atoms with Crippen molar-refractivity contribution in [2.24, 2.45) is 5.92 Å². The minimum absolute atomic E-state index is 0.131. The highest BCUT2D eigenvalue weighted by atomic mass is 16.5. The third kappa shape index (κ3) is 5.72. The number of carboxylic acids is 1. The van der Waals surface area contributed by atoms with E-state index in [9.17, 15) is 9.59 Å². The van der Waals surface area contributed by atoms with Crippen molar-refractivity contribution in [1.82, 2.24) is 10.6 Å². The maximum Gasteiger partial charge on any atom is 0.314 e. The first-order chi connectivity index (χ1) is 10.1. The number of hydrogen-bond acceptors (Lipinski definition) is 3. The summed E-state index contributed by atoms with van der Waals surface area (Å²) in [7, 11) is 1.61. The molecule has 116 valence electrons. The van der Waals surface area contributed by atoms with Crippen LogP contribution in [0.15, 0.2) is 24.3 Å². The Labute approximate surface area is 124 Å². The summed E-state index contributed by atoms with van der Waals surface area (Å²) in [5, 5.41) is 14.2. The van der Waals surface area contributed by atoms with Gasteiger partial charge in [-0.15, -0.1) is 0 Å². The van der Waals surface area contributed by atoms with Gasteiger partial charge in [-0.25, -0.2) is 4.79 Å². The number of carboxylic acid groups (broad SMARTS) is 1. The van der Waals surface area contributed by atoms with Gasteiger partial charge < -0.3 is 20.5 Å². The summed E-state index contributed by atoms with van der Waals surface area (Å²) < 4.78 is 5.23. The van der Waals surface area contributed by atoms with Crippen molar-refractivity contribution in [3.8, 4) is 5.75 Å². The first kappa shape index (κ1) is 16.8. The van der Waals surface area contributed by atoms with Gasteiger partial charge in [-0.3, -0.25) is 4.79 Å². The number of rotatable bonds is 8. The van der Waals surface area contributed by atoms with E-state index in [-0.39, 0.29) is 12.6 Å². The van der Waals surface area contributed by atoms with Gasteiger partial charge in [-0.05, 0) is 24.5 Å². The van der Waals surface area contributed by atoms with Crippen LogP contribution in [0.2, 0.25) is 0 Å². The molecule has 0 aromatic heterocycles. The lowest BCUT2D eigenvalue weighted by Gasteiger charge is -2.12. The van der Waals surface area contributed by atoms with Gasteiger partial charge in [0.25, 0.3) is 0 Å². The maximum absolute atomic E-state index is 11.6. The molecule has 0 bridgehead atoms. The van der Waals surface area contributed by atoms with Crippen LogP contribution in [0.3, 0.4) is 0 Å². The molecule has 0 aliphatic carbocycles. The Balaban J connectivity index is 2.32. The highest BCUT2D eigenvalue weighted by molar-refractivity contribution is 5.75. The Morgan fingerprint density at radius 2 is 2.00 bits per heavy atom. The normalized spacial score (nSPS) is 11.5. The maximum atomic E-state index is 11.6. The molecule has 0 fully saturated rings. The molecule has 21 heavy (non-hydrogen) atoms. The fourth-order valence-electron chi connectivity index (χ4n) is 1.90. The molecule has 1 rings (SSSR count). The van der Waals surface area contributed by atoms with Crippen molar-refractivity contribution in [2.75, 3.05) is 20.2 Å². The number of carbonyl (C=O) groups is 2. The lowest BCUT2D eigenvalue weighted by molar-refractivity contribution is -0.141. The van der Waals surface area contributed by atoms with E-state index >= 15 is 0 Å². The monoisotopic (exact) mass is 294 g/mol. The second kappa shape index (κ2) is 8.84. The topological polar surface area (TPSA) is 87.7 Å². The Kier molecular flexibility index (Phi) is 7.08. The number of para-hydroxylation sites is 1. The molecular formula is C15H22N2O4. The molecule has 0 spiro atoms. The Hall–Kier alpha value is -2.24. The van der Waals surface area contributed by atoms with Crippen LogP contribution < -0.4 is 15.4 Å². The standard InChI is InChI=1S/C15H22N2O4/c1-3-11(14(18)19)10-17-15(20)16-9-8-12-6-4-5-7-13(12)21-2/h4-7,11H,3,8-10H2,1-2H3,(H,18,19)(H2,16,17,20). The Morgan fingerprint density at radius 3 is 2.62 bits per heavy atom. The fraction of sp³-hybridized carbons (Fsp3) is 0.467. The van der Waals surface area contributed by atoms with Gasteiger partial charge in [-0.1, -0.05) is 25.1 Å². The van der Waals surface area contributed by atoms with E-state index in [1.165, 1.54) is 0 Å². The summed E-state index contributed by atoms with van der Waals surface area (Å²) in [5.74, 6) is -0.659. The van der Waals surface area contributed by atoms with Crippen LogP contribution in [0, 0.1) is 5.92 Å². The number of hydrogen-bond donors (Lipinski definition) is 3. The predicted octanol–water partition coefficient (Wildman–Crippen LogP) is 1.65. The number of methoxy groups -OCH3 is 1. The van der Waals surface area contributed by atoms with E-state index in [0.29, 0.717) is 19.4 Å². The second-order valence-electron chi connectivity index (χ2n) is 4.64. The second-order valence-corrected chi connectivity index (χ2v) is 4.64. The first-order valence-electron chi connectivity index (χ1n) is 6.94. The smallest absolute Gasteiger partial charge is 0.314 e. The van der Waals surface area contributed by atoms with Crippen LogP contribution in [0.25, 0.3) is 0 Å². The number of ether oxygens (including phenoxy) is 1. The Morgan fingerprint density at radius 1 is 1.29 bits per heavy atom. The number of nitrogens with one attached hydrogen (secondary N) is 2. The zero-order valence-corrected chi connectivity index (χ0v) is 12.4. The third-order valence-corrected chi connectivity index (χ3v) is 3.22. The number of carbonyl (C=O) groups excluding carboxylic acids is 1. The fourth-order valence-corrected chi connectivity index (χ4v) is 1.90. The van der Waals surface area contributed by atoms with Crippen LogP contribution >= 0.6 is 0 Å². The summed E-state index contributed by atoms with van der Waals surface area (Å²) in [6.45, 7) is 2.36. The molecule has 1 aromatic carbocycles. The van der Waals surface area contributed by atoms with Crippen LogP contribution in [-0.2, 0) is 11.2 Å². The molecule has 0 aliphatic rings. The molecule has 6 nitrogen and oxygen atoms in total. The van der Waals surface area contributed by atoms with Crippen LogP contribution in [0.1, 0.15) is 18.9 Å². The zero-order valence-electron chi connectivity index (χ0n) is 12.4. The summed E-state index contributed by atoms with van der Waals surface area (Å²) in [6.07, 6.45) is 1.13. The molecule has 0 aliphatic heterocycles. The van der Waals surface area contributed by atoms with E-state index < -0.39 is 11.9 Å². The third-order valence-electron chi connectivity index (χ3n) is 3.22. The molecule has 0 saturated heterocycles. The average Bonchev–Trinajstić information content (AvgIpc) is 2.48. The quantitative estimate of drug-likeness (QED) is 0.680. The summed E-state index contributed by atoms with van der Waals surface area (Å²) in [4.78, 5) is 22.4. The van der Waals surface area contributed by atoms with Gasteiger partial charge in [0.1, 0.15) is 5.75 Å². The molecule has 0 saturated carbocycles. The average molecular weight is 294 g/mol. The molecule has 6 heteroatoms. The summed E-state index contributed by atoms with van der Waals surface area (Å²) >= 11 is 0. The van der Waals surface area contributed by atoms with Crippen LogP contribution in [-0.4, -0.2) is 37.3 Å². The van der Waals surface area contributed by atoms with E-state index in [0.717, 1.165) is 11.3 Å². The molecule has 0 heterocycles.